The van der Waals surface area contributed by atoms with E-state index in [4.69, 9.17) is 14.4 Å². The molecule has 0 aliphatic heterocycles. The minimum Gasteiger partial charge on any atom is -0.456 e. The molecular formula is C44H24N4O. The highest BCUT2D eigenvalue weighted by atomic mass is 16.3. The second-order valence-corrected chi connectivity index (χ2v) is 12.6. The Kier molecular flexibility index (Phi) is 5.32. The molecule has 3 heterocycles. The summed E-state index contributed by atoms with van der Waals surface area (Å²) < 4.78 is 6.36. The predicted octanol–water partition coefficient (Wildman–Crippen LogP) is 11.4. The lowest BCUT2D eigenvalue weighted by atomic mass is 9.94. The van der Waals surface area contributed by atoms with Gasteiger partial charge in [-0.1, -0.05) is 84.9 Å². The third kappa shape index (κ3) is 3.81. The van der Waals surface area contributed by atoms with Gasteiger partial charge in [0.05, 0.1) is 22.1 Å². The van der Waals surface area contributed by atoms with E-state index in [-0.39, 0.29) is 0 Å². The first-order valence-electron chi connectivity index (χ1n) is 16.4. The van der Waals surface area contributed by atoms with Gasteiger partial charge in [-0.15, -0.1) is 0 Å². The monoisotopic (exact) mass is 624 g/mol. The van der Waals surface area contributed by atoms with E-state index in [0.29, 0.717) is 0 Å². The van der Waals surface area contributed by atoms with Crippen LogP contribution < -0.4 is 0 Å². The molecule has 8 aromatic carbocycles. The Labute approximate surface area is 279 Å². The topological polar surface area (TPSA) is 64.7 Å². The van der Waals surface area contributed by atoms with E-state index >= 15 is 0 Å². The Morgan fingerprint density at radius 2 is 0.612 bits per heavy atom. The molecule has 0 unspecified atom stereocenters. The van der Waals surface area contributed by atoms with Crippen molar-refractivity contribution in [3.8, 4) is 22.3 Å². The maximum atomic E-state index is 6.36. The SMILES string of the molecule is c1ccc2c(c1)c1cc(-c3ccc4oc5ccc(-c6ccc7c(c6)c6ccccc6c6nccnc76)cc5c4c3)ccc1c1nccnc21. The van der Waals surface area contributed by atoms with Crippen molar-refractivity contribution in [3.05, 3.63) is 146 Å². The molecule has 49 heavy (non-hydrogen) atoms. The van der Waals surface area contributed by atoms with E-state index in [0.717, 1.165) is 87.8 Å². The van der Waals surface area contributed by atoms with E-state index in [9.17, 15) is 0 Å². The highest BCUT2D eigenvalue weighted by molar-refractivity contribution is 6.24. The fourth-order valence-corrected chi connectivity index (χ4v) is 7.76. The van der Waals surface area contributed by atoms with Crippen molar-refractivity contribution < 1.29 is 4.42 Å². The van der Waals surface area contributed by atoms with E-state index < -0.39 is 0 Å². The highest BCUT2D eigenvalue weighted by Crippen LogP contribution is 2.40. The van der Waals surface area contributed by atoms with Gasteiger partial charge in [0.25, 0.3) is 0 Å². The third-order valence-corrected chi connectivity index (χ3v) is 10.0. The molecule has 0 fully saturated rings. The van der Waals surface area contributed by atoms with Crippen molar-refractivity contribution in [3.63, 3.8) is 0 Å². The molecule has 0 N–H and O–H groups in total. The minimum atomic E-state index is 0.873. The van der Waals surface area contributed by atoms with Gasteiger partial charge in [0.1, 0.15) is 11.2 Å². The van der Waals surface area contributed by atoms with Crippen LogP contribution in [-0.2, 0) is 0 Å². The minimum absolute atomic E-state index is 0.873. The summed E-state index contributed by atoms with van der Waals surface area (Å²) in [5, 5.41) is 11.3. The van der Waals surface area contributed by atoms with Crippen LogP contribution in [0, 0.1) is 0 Å². The van der Waals surface area contributed by atoms with Gasteiger partial charge in [-0.25, -0.2) is 0 Å². The molecule has 0 amide bonds. The molecule has 0 radical (unpaired) electrons. The molecule has 11 aromatic rings. The second-order valence-electron chi connectivity index (χ2n) is 12.6. The van der Waals surface area contributed by atoms with E-state index in [1.807, 2.05) is 0 Å². The number of fused-ring (bicyclic) bond motifs is 15. The van der Waals surface area contributed by atoms with Crippen molar-refractivity contribution in [2.24, 2.45) is 0 Å². The maximum absolute atomic E-state index is 6.36. The van der Waals surface area contributed by atoms with Crippen molar-refractivity contribution in [2.45, 2.75) is 0 Å². The third-order valence-electron chi connectivity index (χ3n) is 10.0. The zero-order valence-corrected chi connectivity index (χ0v) is 26.1. The summed E-state index contributed by atoms with van der Waals surface area (Å²) in [5.74, 6) is 0. The first-order chi connectivity index (χ1) is 24.3. The molecule has 0 saturated carbocycles. The number of benzene rings is 8. The Bertz CT molecular complexity index is 2900. The molecule has 5 nitrogen and oxygen atoms in total. The first-order valence-corrected chi connectivity index (χ1v) is 16.4. The largest absolute Gasteiger partial charge is 0.456 e. The zero-order chi connectivity index (χ0) is 32.1. The summed E-state index contributed by atoms with van der Waals surface area (Å²) in [6.45, 7) is 0. The Balaban J connectivity index is 1.08. The van der Waals surface area contributed by atoms with Gasteiger partial charge < -0.3 is 4.42 Å². The van der Waals surface area contributed by atoms with Crippen LogP contribution in [0.3, 0.4) is 0 Å². The molecule has 0 bridgehead atoms. The van der Waals surface area contributed by atoms with Crippen LogP contribution in [0.15, 0.2) is 151 Å². The van der Waals surface area contributed by atoms with Gasteiger partial charge in [-0.05, 0) is 80.2 Å². The molecule has 0 spiro atoms. The molecule has 0 aliphatic carbocycles. The lowest BCUT2D eigenvalue weighted by Gasteiger charge is -2.11. The van der Waals surface area contributed by atoms with Crippen molar-refractivity contribution in [1.29, 1.82) is 0 Å². The first kappa shape index (κ1) is 26.4. The predicted molar refractivity (Wildman–Crippen MR) is 201 cm³/mol. The number of aromatic nitrogens is 4. The summed E-state index contributed by atoms with van der Waals surface area (Å²) in [6, 6.07) is 43.2. The number of furan rings is 1. The normalized spacial score (nSPS) is 12.1. The van der Waals surface area contributed by atoms with Gasteiger partial charge in [-0.2, -0.15) is 0 Å². The smallest absolute Gasteiger partial charge is 0.135 e. The van der Waals surface area contributed by atoms with Gasteiger partial charge in [0.15, 0.2) is 0 Å². The highest BCUT2D eigenvalue weighted by Gasteiger charge is 2.15. The molecule has 0 atom stereocenters. The van der Waals surface area contributed by atoms with Crippen LogP contribution in [-0.4, -0.2) is 19.9 Å². The summed E-state index contributed by atoms with van der Waals surface area (Å²) in [6.07, 6.45) is 7.08. The van der Waals surface area contributed by atoms with Crippen LogP contribution in [0.4, 0.5) is 0 Å². The Morgan fingerprint density at radius 1 is 0.286 bits per heavy atom. The second kappa shape index (κ2) is 9.89. The van der Waals surface area contributed by atoms with E-state index in [1.165, 1.54) is 21.5 Å². The summed E-state index contributed by atoms with van der Waals surface area (Å²) in [4.78, 5) is 18.8. The number of hydrogen-bond donors (Lipinski definition) is 0. The molecule has 226 valence electrons. The molecule has 3 aromatic heterocycles. The molecule has 5 heteroatoms. The van der Waals surface area contributed by atoms with Crippen molar-refractivity contribution in [2.75, 3.05) is 0 Å². The quantitative estimate of drug-likeness (QED) is 0.179. The molecular weight excluding hydrogens is 601 g/mol. The standard InChI is InChI=1S/C44H24N4O/c1-3-7-31-29(5-1)35-21-25(9-13-33(35)43-41(31)45-17-19-47-43)27-11-15-39-37(23-27)38-24-28(12-16-40(38)49-39)26-10-14-34-36(22-26)30-6-2-4-8-32(30)42-44(34)48-20-18-46-42/h1-24H. The summed E-state index contributed by atoms with van der Waals surface area (Å²) >= 11 is 0. The fourth-order valence-electron chi connectivity index (χ4n) is 7.76. The molecule has 0 aliphatic rings. The average molecular weight is 625 g/mol. The number of nitrogens with zero attached hydrogens (tertiary/aromatic N) is 4. The lowest BCUT2D eigenvalue weighted by Crippen LogP contribution is -1.89. The number of hydrogen-bond acceptors (Lipinski definition) is 5. The number of rotatable bonds is 2. The van der Waals surface area contributed by atoms with Gasteiger partial charge in [0.2, 0.25) is 0 Å². The summed E-state index contributed by atoms with van der Waals surface area (Å²) in [7, 11) is 0. The van der Waals surface area contributed by atoms with E-state index in [1.54, 1.807) is 24.8 Å². The zero-order valence-electron chi connectivity index (χ0n) is 26.1. The Hall–Kier alpha value is -6.72. The van der Waals surface area contributed by atoms with Crippen molar-refractivity contribution >= 4 is 87.1 Å². The van der Waals surface area contributed by atoms with Crippen LogP contribution in [0.2, 0.25) is 0 Å². The van der Waals surface area contributed by atoms with Gasteiger partial charge in [0, 0.05) is 57.1 Å². The van der Waals surface area contributed by atoms with Gasteiger partial charge >= 0.3 is 0 Å². The van der Waals surface area contributed by atoms with E-state index in [2.05, 4.69) is 131 Å². The van der Waals surface area contributed by atoms with Crippen LogP contribution in [0.5, 0.6) is 0 Å². The fraction of sp³-hybridized carbons (Fsp3) is 0. The van der Waals surface area contributed by atoms with Crippen molar-refractivity contribution in [1.82, 2.24) is 19.9 Å². The maximum Gasteiger partial charge on any atom is 0.135 e. The average Bonchev–Trinajstić information content (AvgIpc) is 3.55. The van der Waals surface area contributed by atoms with Crippen LogP contribution in [0.1, 0.15) is 0 Å². The Morgan fingerprint density at radius 3 is 1.02 bits per heavy atom. The lowest BCUT2D eigenvalue weighted by molar-refractivity contribution is 0.669. The molecule has 0 saturated heterocycles. The molecule has 11 rings (SSSR count). The van der Waals surface area contributed by atoms with Crippen LogP contribution >= 0.6 is 0 Å². The summed E-state index contributed by atoms with van der Waals surface area (Å²) in [5.41, 5.74) is 10.0. The van der Waals surface area contributed by atoms with Crippen LogP contribution in [0.25, 0.3) is 109 Å². The van der Waals surface area contributed by atoms with Gasteiger partial charge in [-0.3, -0.25) is 19.9 Å².